The van der Waals surface area contributed by atoms with Crippen LogP contribution in [0.1, 0.15) is 24.0 Å². The largest absolute Gasteiger partial charge is 0.372 e. The van der Waals surface area contributed by atoms with E-state index in [-0.39, 0.29) is 6.03 Å². The van der Waals surface area contributed by atoms with Crippen LogP contribution < -0.4 is 15.6 Å². The second kappa shape index (κ2) is 7.64. The topological polar surface area (TPSA) is 56.7 Å². The Morgan fingerprint density at radius 3 is 2.50 bits per heavy atom. The minimum atomic E-state index is -0.353. The molecule has 1 heterocycles. The third-order valence-corrected chi connectivity index (χ3v) is 4.14. The van der Waals surface area contributed by atoms with Gasteiger partial charge in [0.25, 0.3) is 0 Å². The molecular weight excluding hydrogens is 300 g/mol. The molecule has 2 N–H and O–H groups in total. The van der Waals surface area contributed by atoms with E-state index in [4.69, 9.17) is 0 Å². The van der Waals surface area contributed by atoms with E-state index in [1.54, 1.807) is 6.21 Å². The normalized spacial score (nSPS) is 14.1. The number of rotatable bonds is 4. The van der Waals surface area contributed by atoms with Crippen molar-refractivity contribution in [2.75, 3.05) is 23.3 Å². The number of anilines is 2. The number of aryl methyl sites for hydroxylation is 1. The molecular formula is C19H22N4O. The maximum atomic E-state index is 11.8. The number of carbonyl (C=O) groups is 1. The van der Waals surface area contributed by atoms with Gasteiger partial charge in [0.1, 0.15) is 0 Å². The highest BCUT2D eigenvalue weighted by Crippen LogP contribution is 2.19. The summed E-state index contributed by atoms with van der Waals surface area (Å²) in [6, 6.07) is 15.5. The lowest BCUT2D eigenvalue weighted by molar-refractivity contribution is 0.252. The Labute approximate surface area is 142 Å². The first-order valence-electron chi connectivity index (χ1n) is 8.23. The fourth-order valence-corrected chi connectivity index (χ4v) is 2.78. The summed E-state index contributed by atoms with van der Waals surface area (Å²) in [5.41, 5.74) is 6.47. The van der Waals surface area contributed by atoms with E-state index in [0.717, 1.165) is 29.9 Å². The number of carbonyl (C=O) groups excluding carboxylic acids is 1. The summed E-state index contributed by atoms with van der Waals surface area (Å²) in [7, 11) is 0. The van der Waals surface area contributed by atoms with Crippen molar-refractivity contribution >= 4 is 23.6 Å². The van der Waals surface area contributed by atoms with E-state index < -0.39 is 0 Å². The van der Waals surface area contributed by atoms with Crippen molar-refractivity contribution in [1.29, 1.82) is 0 Å². The van der Waals surface area contributed by atoms with Crippen molar-refractivity contribution in [2.24, 2.45) is 5.10 Å². The fourth-order valence-electron chi connectivity index (χ4n) is 2.78. The second-order valence-corrected chi connectivity index (χ2v) is 5.92. The van der Waals surface area contributed by atoms with Gasteiger partial charge in [0, 0.05) is 24.5 Å². The summed E-state index contributed by atoms with van der Waals surface area (Å²) < 4.78 is 0. The molecule has 0 aliphatic carbocycles. The number of nitrogens with one attached hydrogen (secondary N) is 2. The highest BCUT2D eigenvalue weighted by molar-refractivity contribution is 5.91. The van der Waals surface area contributed by atoms with Crippen molar-refractivity contribution in [3.8, 4) is 0 Å². The van der Waals surface area contributed by atoms with Gasteiger partial charge in [0.15, 0.2) is 0 Å². The molecule has 124 valence electrons. The van der Waals surface area contributed by atoms with Crippen LogP contribution in [0.3, 0.4) is 0 Å². The Kier molecular flexibility index (Phi) is 5.11. The van der Waals surface area contributed by atoms with Crippen molar-refractivity contribution < 1.29 is 4.79 Å². The molecule has 2 aromatic rings. The van der Waals surface area contributed by atoms with E-state index >= 15 is 0 Å². The van der Waals surface area contributed by atoms with Crippen LogP contribution in [0, 0.1) is 6.92 Å². The number of hydrazone groups is 1. The van der Waals surface area contributed by atoms with Crippen LogP contribution in [-0.2, 0) is 0 Å². The van der Waals surface area contributed by atoms with Gasteiger partial charge < -0.3 is 10.2 Å². The predicted molar refractivity (Wildman–Crippen MR) is 98.8 cm³/mol. The first-order chi connectivity index (χ1) is 11.7. The standard InChI is InChI=1S/C19H22N4O/c1-15-6-2-3-7-18(15)21-19(24)22-20-14-16-8-10-17(11-9-16)23-12-4-5-13-23/h2-3,6-11,14H,4-5,12-13H2,1H3,(H2,21,22,24). The number of hydrogen-bond acceptors (Lipinski definition) is 3. The SMILES string of the molecule is Cc1ccccc1NC(=O)NN=Cc1ccc(N2CCCC2)cc1. The number of amides is 2. The molecule has 5 heteroatoms. The highest BCUT2D eigenvalue weighted by Gasteiger charge is 2.11. The zero-order valence-corrected chi connectivity index (χ0v) is 13.8. The van der Waals surface area contributed by atoms with Gasteiger partial charge in [-0.1, -0.05) is 30.3 Å². The molecule has 3 rings (SSSR count). The smallest absolute Gasteiger partial charge is 0.339 e. The van der Waals surface area contributed by atoms with E-state index in [0.29, 0.717) is 0 Å². The van der Waals surface area contributed by atoms with Crippen molar-refractivity contribution in [1.82, 2.24) is 5.43 Å². The van der Waals surface area contributed by atoms with Crippen LogP contribution in [0.5, 0.6) is 0 Å². The van der Waals surface area contributed by atoms with Crippen molar-refractivity contribution in [3.63, 3.8) is 0 Å². The van der Waals surface area contributed by atoms with Gasteiger partial charge in [0.2, 0.25) is 0 Å². The summed E-state index contributed by atoms with van der Waals surface area (Å²) >= 11 is 0. The molecule has 0 radical (unpaired) electrons. The minimum Gasteiger partial charge on any atom is -0.372 e. The third-order valence-electron chi connectivity index (χ3n) is 4.14. The maximum absolute atomic E-state index is 11.8. The Bertz CT molecular complexity index is 718. The monoisotopic (exact) mass is 322 g/mol. The summed E-state index contributed by atoms with van der Waals surface area (Å²) in [5.74, 6) is 0. The zero-order chi connectivity index (χ0) is 16.8. The van der Waals surface area contributed by atoms with Crippen molar-refractivity contribution in [3.05, 3.63) is 59.7 Å². The van der Waals surface area contributed by atoms with Crippen LogP contribution in [0.4, 0.5) is 16.2 Å². The molecule has 2 amide bonds. The van der Waals surface area contributed by atoms with Gasteiger partial charge >= 0.3 is 6.03 Å². The molecule has 1 fully saturated rings. The molecule has 2 aromatic carbocycles. The molecule has 0 atom stereocenters. The van der Waals surface area contributed by atoms with Crippen molar-refractivity contribution in [2.45, 2.75) is 19.8 Å². The number of urea groups is 1. The number of para-hydroxylation sites is 1. The second-order valence-electron chi connectivity index (χ2n) is 5.92. The Balaban J connectivity index is 1.52. The molecule has 1 aliphatic rings. The zero-order valence-electron chi connectivity index (χ0n) is 13.8. The Morgan fingerprint density at radius 2 is 1.79 bits per heavy atom. The summed E-state index contributed by atoms with van der Waals surface area (Å²) in [4.78, 5) is 14.2. The Morgan fingerprint density at radius 1 is 1.08 bits per heavy atom. The lowest BCUT2D eigenvalue weighted by Gasteiger charge is -2.17. The van der Waals surface area contributed by atoms with Gasteiger partial charge in [-0.15, -0.1) is 0 Å². The average molecular weight is 322 g/mol. The van der Waals surface area contributed by atoms with E-state index in [2.05, 4.69) is 32.9 Å². The maximum Gasteiger partial charge on any atom is 0.339 e. The van der Waals surface area contributed by atoms with Gasteiger partial charge in [-0.3, -0.25) is 0 Å². The average Bonchev–Trinajstić information content (AvgIpc) is 3.12. The van der Waals surface area contributed by atoms with E-state index in [9.17, 15) is 4.79 Å². The molecule has 1 aliphatic heterocycles. The number of nitrogens with zero attached hydrogens (tertiary/aromatic N) is 2. The fraction of sp³-hybridized carbons (Fsp3) is 0.263. The third kappa shape index (κ3) is 4.13. The van der Waals surface area contributed by atoms with Gasteiger partial charge in [-0.25, -0.2) is 10.2 Å². The highest BCUT2D eigenvalue weighted by atomic mass is 16.2. The summed E-state index contributed by atoms with van der Waals surface area (Å²) in [6.07, 6.45) is 4.18. The quantitative estimate of drug-likeness (QED) is 0.665. The molecule has 0 spiro atoms. The van der Waals surface area contributed by atoms with Gasteiger partial charge in [0.05, 0.1) is 6.21 Å². The molecule has 0 unspecified atom stereocenters. The van der Waals surface area contributed by atoms with Crippen LogP contribution in [0.25, 0.3) is 0 Å². The van der Waals surface area contributed by atoms with Gasteiger partial charge in [-0.2, -0.15) is 5.10 Å². The lowest BCUT2D eigenvalue weighted by Crippen LogP contribution is -2.24. The first-order valence-corrected chi connectivity index (χ1v) is 8.23. The lowest BCUT2D eigenvalue weighted by atomic mass is 10.2. The summed E-state index contributed by atoms with van der Waals surface area (Å²) in [6.45, 7) is 4.21. The molecule has 0 aromatic heterocycles. The van der Waals surface area contributed by atoms with E-state index in [1.807, 2.05) is 43.3 Å². The molecule has 5 nitrogen and oxygen atoms in total. The summed E-state index contributed by atoms with van der Waals surface area (Å²) in [5, 5.41) is 6.77. The first kappa shape index (κ1) is 16.1. The van der Waals surface area contributed by atoms with E-state index in [1.165, 1.54) is 18.5 Å². The molecule has 1 saturated heterocycles. The molecule has 24 heavy (non-hydrogen) atoms. The number of benzene rings is 2. The minimum absolute atomic E-state index is 0.353. The van der Waals surface area contributed by atoms with Crippen LogP contribution in [0.2, 0.25) is 0 Å². The van der Waals surface area contributed by atoms with Crippen LogP contribution in [-0.4, -0.2) is 25.3 Å². The Hall–Kier alpha value is -2.82. The number of hydrogen-bond donors (Lipinski definition) is 2. The van der Waals surface area contributed by atoms with Crippen LogP contribution in [0.15, 0.2) is 53.6 Å². The predicted octanol–water partition coefficient (Wildman–Crippen LogP) is 3.75. The van der Waals surface area contributed by atoms with Gasteiger partial charge in [-0.05, 0) is 49.1 Å². The van der Waals surface area contributed by atoms with Crippen LogP contribution >= 0.6 is 0 Å². The molecule has 0 saturated carbocycles. The molecule has 0 bridgehead atoms.